The van der Waals surface area contributed by atoms with E-state index in [4.69, 9.17) is 4.74 Å². The smallest absolute Gasteiger partial charge is 0.203 e. The number of aromatic hydroxyl groups is 4. The topological polar surface area (TPSA) is 123 Å². The first-order valence-corrected chi connectivity index (χ1v) is 6.29. The van der Waals surface area contributed by atoms with Gasteiger partial charge in [0.05, 0.1) is 18.4 Å². The Bertz CT molecular complexity index is 709. The lowest BCUT2D eigenvalue weighted by atomic mass is 9.99. The van der Waals surface area contributed by atoms with Crippen LogP contribution >= 0.6 is 0 Å². The summed E-state index contributed by atoms with van der Waals surface area (Å²) in [4.78, 5) is 0. The van der Waals surface area contributed by atoms with Crippen molar-refractivity contribution in [3.63, 3.8) is 0 Å². The molecule has 2 aromatic rings. The molecule has 0 aromatic heterocycles. The van der Waals surface area contributed by atoms with Gasteiger partial charge in [0, 0.05) is 12.5 Å². The first kappa shape index (κ1) is 15.3. The summed E-state index contributed by atoms with van der Waals surface area (Å²) in [6.07, 6.45) is 0.0752. The minimum Gasteiger partial charge on any atom is -0.508 e. The number of benzene rings is 2. The summed E-state index contributed by atoms with van der Waals surface area (Å²) in [7, 11) is 1.24. The SMILES string of the molecule is COc1c(O)cc(O)c(/C(Cc2ccc(O)cc2)=N/O)c1O. The molecule has 0 atom stereocenters. The molecule has 22 heavy (non-hydrogen) atoms. The van der Waals surface area contributed by atoms with Crippen molar-refractivity contribution in [1.29, 1.82) is 0 Å². The molecule has 0 amide bonds. The molecule has 0 spiro atoms. The van der Waals surface area contributed by atoms with Crippen molar-refractivity contribution >= 4 is 5.71 Å². The van der Waals surface area contributed by atoms with Crippen LogP contribution in [0.3, 0.4) is 0 Å². The molecule has 7 heteroatoms. The third-order valence-electron chi connectivity index (χ3n) is 3.14. The largest absolute Gasteiger partial charge is 0.508 e. The first-order valence-electron chi connectivity index (χ1n) is 6.29. The average Bonchev–Trinajstić information content (AvgIpc) is 2.48. The van der Waals surface area contributed by atoms with Gasteiger partial charge < -0.3 is 30.4 Å². The Hall–Kier alpha value is -3.09. The van der Waals surface area contributed by atoms with Crippen LogP contribution < -0.4 is 4.74 Å². The fraction of sp³-hybridized carbons (Fsp3) is 0.133. The lowest BCUT2D eigenvalue weighted by molar-refractivity contribution is 0.316. The molecule has 5 N–H and O–H groups in total. The molecule has 116 valence electrons. The highest BCUT2D eigenvalue weighted by atomic mass is 16.5. The van der Waals surface area contributed by atoms with Crippen molar-refractivity contribution < 1.29 is 30.4 Å². The lowest BCUT2D eigenvalue weighted by Crippen LogP contribution is -2.07. The molecule has 2 rings (SSSR count). The van der Waals surface area contributed by atoms with E-state index in [1.54, 1.807) is 12.1 Å². The predicted molar refractivity (Wildman–Crippen MR) is 78.1 cm³/mol. The van der Waals surface area contributed by atoms with Gasteiger partial charge in [-0.15, -0.1) is 0 Å². The number of ether oxygens (including phenoxy) is 1. The Kier molecular flexibility index (Phi) is 4.26. The van der Waals surface area contributed by atoms with Crippen LogP contribution in [0.15, 0.2) is 35.5 Å². The monoisotopic (exact) mass is 305 g/mol. The summed E-state index contributed by atoms with van der Waals surface area (Å²) in [6.45, 7) is 0. The third-order valence-corrected chi connectivity index (χ3v) is 3.14. The summed E-state index contributed by atoms with van der Waals surface area (Å²) in [5, 5.41) is 51.1. The molecule has 0 aliphatic carbocycles. The van der Waals surface area contributed by atoms with E-state index in [9.17, 15) is 25.6 Å². The van der Waals surface area contributed by atoms with E-state index in [1.807, 2.05) is 0 Å². The molecule has 0 aliphatic rings. The Morgan fingerprint density at radius 3 is 2.23 bits per heavy atom. The van der Waals surface area contributed by atoms with E-state index >= 15 is 0 Å². The molecule has 0 radical (unpaired) electrons. The van der Waals surface area contributed by atoms with Crippen molar-refractivity contribution in [2.75, 3.05) is 7.11 Å². The number of oxime groups is 1. The number of hydrogen-bond donors (Lipinski definition) is 5. The second kappa shape index (κ2) is 6.13. The average molecular weight is 305 g/mol. The molecule has 0 aliphatic heterocycles. The Morgan fingerprint density at radius 2 is 1.68 bits per heavy atom. The predicted octanol–water partition coefficient (Wildman–Crippen LogP) is 1.94. The summed E-state index contributed by atoms with van der Waals surface area (Å²) < 4.78 is 4.85. The zero-order chi connectivity index (χ0) is 16.3. The maximum absolute atomic E-state index is 10.1. The second-order valence-electron chi connectivity index (χ2n) is 4.56. The normalized spacial score (nSPS) is 11.4. The van der Waals surface area contributed by atoms with Crippen molar-refractivity contribution in [2.24, 2.45) is 5.16 Å². The minimum absolute atomic E-state index is 0.0287. The van der Waals surface area contributed by atoms with E-state index in [0.29, 0.717) is 5.56 Å². The Morgan fingerprint density at radius 1 is 1.05 bits per heavy atom. The van der Waals surface area contributed by atoms with Gasteiger partial charge in [0.15, 0.2) is 11.5 Å². The highest BCUT2D eigenvalue weighted by molar-refractivity contribution is 6.06. The number of nitrogens with zero attached hydrogens (tertiary/aromatic N) is 1. The van der Waals surface area contributed by atoms with Crippen LogP contribution in [0.2, 0.25) is 0 Å². The van der Waals surface area contributed by atoms with Gasteiger partial charge in [-0.2, -0.15) is 0 Å². The lowest BCUT2D eigenvalue weighted by Gasteiger charge is -2.13. The molecule has 0 bridgehead atoms. The van der Waals surface area contributed by atoms with Gasteiger partial charge in [0.25, 0.3) is 0 Å². The molecule has 0 saturated carbocycles. The van der Waals surface area contributed by atoms with Crippen molar-refractivity contribution in [2.45, 2.75) is 6.42 Å². The highest BCUT2D eigenvalue weighted by Gasteiger charge is 2.22. The summed E-state index contributed by atoms with van der Waals surface area (Å²) in [6, 6.07) is 7.11. The van der Waals surface area contributed by atoms with Crippen LogP contribution in [-0.2, 0) is 6.42 Å². The van der Waals surface area contributed by atoms with Crippen LogP contribution in [0.4, 0.5) is 0 Å². The van der Waals surface area contributed by atoms with Crippen molar-refractivity contribution in [1.82, 2.24) is 0 Å². The number of phenols is 4. The van der Waals surface area contributed by atoms with E-state index in [0.717, 1.165) is 6.07 Å². The van der Waals surface area contributed by atoms with Gasteiger partial charge in [0.2, 0.25) is 5.75 Å². The zero-order valence-electron chi connectivity index (χ0n) is 11.7. The van der Waals surface area contributed by atoms with Gasteiger partial charge in [-0.25, -0.2) is 0 Å². The number of hydrogen-bond acceptors (Lipinski definition) is 7. The fourth-order valence-corrected chi connectivity index (χ4v) is 2.09. The zero-order valence-corrected chi connectivity index (χ0v) is 11.7. The van der Waals surface area contributed by atoms with Crippen molar-refractivity contribution in [3.05, 3.63) is 41.5 Å². The molecule has 0 unspecified atom stereocenters. The van der Waals surface area contributed by atoms with Crippen LogP contribution in [0.1, 0.15) is 11.1 Å². The second-order valence-corrected chi connectivity index (χ2v) is 4.56. The van der Waals surface area contributed by atoms with Gasteiger partial charge in [0.1, 0.15) is 11.5 Å². The maximum atomic E-state index is 10.1. The quantitative estimate of drug-likeness (QED) is 0.334. The Balaban J connectivity index is 2.46. The van der Waals surface area contributed by atoms with Crippen LogP contribution in [0, 0.1) is 0 Å². The molecular weight excluding hydrogens is 290 g/mol. The van der Waals surface area contributed by atoms with Gasteiger partial charge in [-0.3, -0.25) is 0 Å². The van der Waals surface area contributed by atoms with E-state index < -0.39 is 17.2 Å². The Labute approximate surface area is 126 Å². The fourth-order valence-electron chi connectivity index (χ4n) is 2.09. The molecular formula is C15H15NO6. The number of methoxy groups -OCH3 is 1. The summed E-state index contributed by atoms with van der Waals surface area (Å²) in [5.41, 5.74) is 0.501. The van der Waals surface area contributed by atoms with Crippen LogP contribution in [0.25, 0.3) is 0 Å². The minimum atomic E-state index is -0.536. The molecule has 0 fully saturated rings. The molecule has 2 aromatic carbocycles. The van der Waals surface area contributed by atoms with Gasteiger partial charge in [-0.1, -0.05) is 17.3 Å². The summed E-state index contributed by atoms with van der Waals surface area (Å²) >= 11 is 0. The van der Waals surface area contributed by atoms with Gasteiger partial charge in [-0.05, 0) is 17.7 Å². The standard InChI is InChI=1S/C15H15NO6/c1-22-15-12(19)7-11(18)13(14(15)20)10(16-21)6-8-2-4-9(17)5-3-8/h2-5,7,17-21H,6H2,1H3/b16-10+. The molecule has 0 saturated heterocycles. The van der Waals surface area contributed by atoms with E-state index in [-0.39, 0.29) is 29.2 Å². The first-order chi connectivity index (χ1) is 10.5. The van der Waals surface area contributed by atoms with Crippen LogP contribution in [0.5, 0.6) is 28.7 Å². The van der Waals surface area contributed by atoms with Gasteiger partial charge >= 0.3 is 0 Å². The van der Waals surface area contributed by atoms with Crippen LogP contribution in [-0.4, -0.2) is 38.5 Å². The van der Waals surface area contributed by atoms with Crippen molar-refractivity contribution in [3.8, 4) is 28.7 Å². The maximum Gasteiger partial charge on any atom is 0.203 e. The third kappa shape index (κ3) is 2.83. The highest BCUT2D eigenvalue weighted by Crippen LogP contribution is 2.43. The number of phenolic OH excluding ortho intramolecular Hbond substituents is 4. The summed E-state index contributed by atoms with van der Waals surface area (Å²) in [5.74, 6) is -1.58. The molecule has 0 heterocycles. The van der Waals surface area contributed by atoms with E-state index in [1.165, 1.54) is 19.2 Å². The van der Waals surface area contributed by atoms with E-state index in [2.05, 4.69) is 5.16 Å². The molecule has 7 nitrogen and oxygen atoms in total. The number of rotatable bonds is 4.